The summed E-state index contributed by atoms with van der Waals surface area (Å²) >= 11 is 0. The van der Waals surface area contributed by atoms with Crippen molar-refractivity contribution >= 4 is 11.9 Å². The molecular formula is C18H19NO5. The van der Waals surface area contributed by atoms with E-state index in [1.54, 1.807) is 0 Å². The number of rotatable bonds is 3. The maximum absolute atomic E-state index is 12.6. The van der Waals surface area contributed by atoms with Crippen LogP contribution in [0.3, 0.4) is 0 Å². The first-order valence-electron chi connectivity index (χ1n) is 8.08. The molecule has 0 N–H and O–H groups in total. The number of hydrogen-bond donors (Lipinski definition) is 0. The lowest BCUT2D eigenvalue weighted by atomic mass is 9.64. The van der Waals surface area contributed by atoms with Crippen LogP contribution in [0.1, 0.15) is 18.4 Å². The number of fused-ring (bicyclic) bond motifs is 3. The smallest absolute Gasteiger partial charge is 0.338 e. The molecule has 2 atom stereocenters. The first kappa shape index (κ1) is 15.2. The number of ether oxygens (including phenoxy) is 3. The predicted molar refractivity (Wildman–Crippen MR) is 84.4 cm³/mol. The van der Waals surface area contributed by atoms with Crippen LogP contribution in [0.2, 0.25) is 0 Å². The van der Waals surface area contributed by atoms with Crippen molar-refractivity contribution in [3.8, 4) is 5.75 Å². The number of carbonyl (C=O) groups excluding carboxylic acids is 2. The van der Waals surface area contributed by atoms with Crippen molar-refractivity contribution in [2.75, 3.05) is 27.3 Å². The molecule has 4 rings (SSSR count). The van der Waals surface area contributed by atoms with E-state index in [9.17, 15) is 9.59 Å². The summed E-state index contributed by atoms with van der Waals surface area (Å²) in [4.78, 5) is 27.1. The van der Waals surface area contributed by atoms with Gasteiger partial charge in [0.1, 0.15) is 11.3 Å². The van der Waals surface area contributed by atoms with Crippen LogP contribution in [-0.4, -0.2) is 50.3 Å². The van der Waals surface area contributed by atoms with Crippen molar-refractivity contribution in [1.29, 1.82) is 0 Å². The first-order chi connectivity index (χ1) is 11.7. The number of esters is 2. The molecule has 2 aliphatic heterocycles. The minimum atomic E-state index is -0.746. The number of benzene rings is 1. The van der Waals surface area contributed by atoms with E-state index < -0.39 is 23.6 Å². The molecule has 6 heteroatoms. The van der Waals surface area contributed by atoms with Crippen molar-refractivity contribution in [2.24, 2.45) is 0 Å². The Labute approximate surface area is 140 Å². The molecule has 1 saturated heterocycles. The number of methoxy groups -OCH3 is 2. The topological polar surface area (TPSA) is 65.1 Å². The monoisotopic (exact) mass is 329 g/mol. The fourth-order valence-corrected chi connectivity index (χ4v) is 4.28. The molecule has 0 spiro atoms. The Morgan fingerprint density at radius 3 is 2.46 bits per heavy atom. The summed E-state index contributed by atoms with van der Waals surface area (Å²) in [5.74, 6) is -0.336. The van der Waals surface area contributed by atoms with E-state index in [-0.39, 0.29) is 5.57 Å². The van der Waals surface area contributed by atoms with Crippen molar-refractivity contribution in [2.45, 2.75) is 24.5 Å². The Morgan fingerprint density at radius 2 is 1.79 bits per heavy atom. The summed E-state index contributed by atoms with van der Waals surface area (Å²) in [6.45, 7) is 1.70. The molecule has 0 bridgehead atoms. The summed E-state index contributed by atoms with van der Waals surface area (Å²) in [7, 11) is 2.64. The third-order valence-electron chi connectivity index (χ3n) is 5.23. The van der Waals surface area contributed by atoms with Gasteiger partial charge < -0.3 is 14.2 Å². The summed E-state index contributed by atoms with van der Waals surface area (Å²) in [6.07, 6.45) is 1.58. The molecule has 1 fully saturated rings. The van der Waals surface area contributed by atoms with E-state index in [2.05, 4.69) is 4.90 Å². The second-order valence-corrected chi connectivity index (χ2v) is 6.23. The van der Waals surface area contributed by atoms with E-state index in [1.165, 1.54) is 14.2 Å². The zero-order valence-electron chi connectivity index (χ0n) is 13.7. The minimum absolute atomic E-state index is 0.271. The fraction of sp³-hybridized carbons (Fsp3) is 0.444. The highest BCUT2D eigenvalue weighted by atomic mass is 16.5. The van der Waals surface area contributed by atoms with Crippen LogP contribution >= 0.6 is 0 Å². The van der Waals surface area contributed by atoms with Crippen LogP contribution in [0.4, 0.5) is 0 Å². The van der Waals surface area contributed by atoms with Crippen LogP contribution < -0.4 is 4.74 Å². The second-order valence-electron chi connectivity index (χ2n) is 6.23. The Kier molecular flexibility index (Phi) is 3.38. The summed E-state index contributed by atoms with van der Waals surface area (Å²) < 4.78 is 16.0. The van der Waals surface area contributed by atoms with Gasteiger partial charge in [0, 0.05) is 5.56 Å². The maximum Gasteiger partial charge on any atom is 0.338 e. The normalized spacial score (nSPS) is 27.8. The third kappa shape index (κ3) is 1.69. The van der Waals surface area contributed by atoms with Gasteiger partial charge in [-0.15, -0.1) is 0 Å². The Morgan fingerprint density at radius 1 is 1.12 bits per heavy atom. The highest BCUT2D eigenvalue weighted by Gasteiger charge is 2.69. The number of hydrogen-bond acceptors (Lipinski definition) is 6. The van der Waals surface area contributed by atoms with Crippen molar-refractivity contribution in [3.63, 3.8) is 0 Å². The average molecular weight is 329 g/mol. The quantitative estimate of drug-likeness (QED) is 0.781. The van der Waals surface area contributed by atoms with Gasteiger partial charge in [-0.1, -0.05) is 18.2 Å². The highest BCUT2D eigenvalue weighted by molar-refractivity contribution is 6.08. The molecule has 2 heterocycles. The molecule has 0 aromatic heterocycles. The fourth-order valence-electron chi connectivity index (χ4n) is 4.28. The van der Waals surface area contributed by atoms with Gasteiger partial charge in [-0.2, -0.15) is 0 Å². The van der Waals surface area contributed by atoms with Crippen molar-refractivity contribution in [1.82, 2.24) is 4.90 Å². The van der Waals surface area contributed by atoms with E-state index in [1.807, 2.05) is 24.3 Å². The van der Waals surface area contributed by atoms with Crippen LogP contribution in [0.15, 0.2) is 35.4 Å². The lowest BCUT2D eigenvalue weighted by molar-refractivity contribution is -0.146. The van der Waals surface area contributed by atoms with Crippen LogP contribution in [0.25, 0.3) is 0 Å². The van der Waals surface area contributed by atoms with Crippen LogP contribution in [0.5, 0.6) is 5.75 Å². The van der Waals surface area contributed by atoms with Gasteiger partial charge in [0.2, 0.25) is 0 Å². The summed E-state index contributed by atoms with van der Waals surface area (Å²) in [6, 6.07) is 7.64. The largest absolute Gasteiger partial charge is 0.482 e. The molecular weight excluding hydrogens is 310 g/mol. The molecule has 0 saturated carbocycles. The predicted octanol–water partition coefficient (Wildman–Crippen LogP) is 1.39. The molecule has 1 aromatic carbocycles. The number of carbonyl (C=O) groups is 2. The molecule has 0 radical (unpaired) electrons. The molecule has 2 unspecified atom stereocenters. The van der Waals surface area contributed by atoms with Crippen LogP contribution in [-0.2, 0) is 24.6 Å². The Hall–Kier alpha value is -2.34. The maximum atomic E-state index is 12.6. The van der Waals surface area contributed by atoms with Gasteiger partial charge in [0.25, 0.3) is 0 Å². The lowest BCUT2D eigenvalue weighted by Gasteiger charge is -2.50. The van der Waals surface area contributed by atoms with Gasteiger partial charge >= 0.3 is 11.9 Å². The first-order valence-corrected chi connectivity index (χ1v) is 8.08. The highest BCUT2D eigenvalue weighted by Crippen LogP contribution is 2.60. The average Bonchev–Trinajstić information content (AvgIpc) is 3.21. The van der Waals surface area contributed by atoms with Crippen LogP contribution in [0, 0.1) is 0 Å². The minimum Gasteiger partial charge on any atom is -0.482 e. The Bertz CT molecular complexity index is 750. The van der Waals surface area contributed by atoms with E-state index in [4.69, 9.17) is 14.2 Å². The SMILES string of the molecule is COC(=O)C1=C(C(=O)OC)C2(N3CCCC3)c3ccccc3OC12. The number of likely N-dealkylation sites (tertiary alicyclic amines) is 1. The zero-order chi connectivity index (χ0) is 16.9. The summed E-state index contributed by atoms with van der Waals surface area (Å²) in [5.41, 5.74) is 0.801. The molecule has 1 aliphatic carbocycles. The molecule has 1 aromatic rings. The van der Waals surface area contributed by atoms with Gasteiger partial charge in [0.15, 0.2) is 6.10 Å². The number of nitrogens with zero attached hydrogens (tertiary/aromatic N) is 1. The molecule has 6 nitrogen and oxygen atoms in total. The van der Waals surface area contributed by atoms with E-state index in [0.29, 0.717) is 11.3 Å². The molecule has 0 amide bonds. The standard InChI is InChI=1S/C18H19NO5/c1-22-16(20)13-14(17(21)23-2)18(19-9-5-6-10-19)11-7-3-4-8-12(11)24-15(13)18/h3-4,7-8,15H,5-6,9-10H2,1-2H3. The van der Waals surface area contributed by atoms with E-state index in [0.717, 1.165) is 31.5 Å². The van der Waals surface area contributed by atoms with E-state index >= 15 is 0 Å². The van der Waals surface area contributed by atoms with Gasteiger partial charge in [-0.05, 0) is 32.0 Å². The summed E-state index contributed by atoms with van der Waals surface area (Å²) in [5, 5.41) is 0. The lowest BCUT2D eigenvalue weighted by Crippen LogP contribution is -2.63. The van der Waals surface area contributed by atoms with Gasteiger partial charge in [0.05, 0.1) is 25.4 Å². The number of para-hydroxylation sites is 1. The zero-order valence-corrected chi connectivity index (χ0v) is 13.7. The molecule has 3 aliphatic rings. The molecule has 24 heavy (non-hydrogen) atoms. The van der Waals surface area contributed by atoms with Gasteiger partial charge in [-0.3, -0.25) is 4.90 Å². The Balaban J connectivity index is 1.95. The second kappa shape index (κ2) is 5.34. The molecule has 126 valence electrons. The third-order valence-corrected chi connectivity index (χ3v) is 5.23. The van der Waals surface area contributed by atoms with Crippen molar-refractivity contribution < 1.29 is 23.8 Å². The van der Waals surface area contributed by atoms with Crippen molar-refractivity contribution in [3.05, 3.63) is 41.0 Å². The van der Waals surface area contributed by atoms with Gasteiger partial charge in [-0.25, -0.2) is 9.59 Å².